The van der Waals surface area contributed by atoms with Gasteiger partial charge in [-0.2, -0.15) is 0 Å². The fourth-order valence-electron chi connectivity index (χ4n) is 6.72. The van der Waals surface area contributed by atoms with Crippen LogP contribution in [0.4, 0.5) is 16.4 Å². The molecule has 0 radical (unpaired) electrons. The standard InChI is InChI=1S/C21H28N4O3.C16H20N4O/c1-14-6-5-11-24(19(14)26)17-9-10-18(22-13-17)23-15-7-8-16(12-15)25(20(27)28)21(2,3)4;1-11-3-2-8-20(16(11)21)14-6-7-15(18-10-14)19-13-5-4-12(17)9-13/h5-6,9-11,13,15-16H,7-8,12H2,1-4H3,(H,22,23)(H,27,28);2-3,6-8,10,12-13H,4-5,9,17H2,1H3,(H,18,19)/t15-,16-;12-,13-/m00/s1. The maximum atomic E-state index is 12.2. The number of hydrogen-bond donors (Lipinski definition) is 4. The number of aromatic nitrogens is 4. The van der Waals surface area contributed by atoms with E-state index >= 15 is 0 Å². The van der Waals surface area contributed by atoms with Gasteiger partial charge in [-0.1, -0.05) is 12.1 Å². The molecule has 0 bridgehead atoms. The molecule has 4 aromatic rings. The predicted molar refractivity (Wildman–Crippen MR) is 193 cm³/mol. The molecule has 4 heterocycles. The largest absolute Gasteiger partial charge is 0.465 e. The number of rotatable bonds is 7. The Bertz CT molecular complexity index is 1850. The minimum atomic E-state index is -0.871. The van der Waals surface area contributed by atoms with E-state index in [0.717, 1.165) is 61.4 Å². The molecule has 4 aromatic heterocycles. The van der Waals surface area contributed by atoms with Crippen molar-refractivity contribution in [3.05, 3.63) is 105 Å². The molecule has 12 nitrogen and oxygen atoms in total. The first-order valence-corrected chi connectivity index (χ1v) is 16.9. The predicted octanol–water partition coefficient (Wildman–Crippen LogP) is 5.49. The summed E-state index contributed by atoms with van der Waals surface area (Å²) in [6.07, 6.45) is 11.6. The molecule has 12 heteroatoms. The van der Waals surface area contributed by atoms with Crippen molar-refractivity contribution < 1.29 is 9.90 Å². The van der Waals surface area contributed by atoms with Crippen LogP contribution in [0.3, 0.4) is 0 Å². The van der Waals surface area contributed by atoms with Crippen molar-refractivity contribution in [2.45, 2.75) is 103 Å². The second-order valence-corrected chi connectivity index (χ2v) is 14.1. The molecule has 2 saturated carbocycles. The molecule has 2 aliphatic carbocycles. The number of nitrogens with one attached hydrogen (secondary N) is 2. The van der Waals surface area contributed by atoms with Gasteiger partial charge in [-0.3, -0.25) is 18.7 Å². The molecular weight excluding hydrogens is 620 g/mol. The highest BCUT2D eigenvalue weighted by Gasteiger charge is 2.38. The van der Waals surface area contributed by atoms with Crippen molar-refractivity contribution in [2.24, 2.45) is 5.73 Å². The SMILES string of the molecule is Cc1cccn(-c2ccc(N[C@H]3CC[C@H](N(C(=O)O)C(C)(C)C)C3)nc2)c1=O.Cc1cccn(-c2ccc(N[C@H]3CC[C@H](N)C3)nc2)c1=O. The van der Waals surface area contributed by atoms with Crippen LogP contribution in [0.1, 0.15) is 70.4 Å². The summed E-state index contributed by atoms with van der Waals surface area (Å²) in [6.45, 7) is 9.38. The van der Waals surface area contributed by atoms with Crippen LogP contribution in [0, 0.1) is 13.8 Å². The Kier molecular flexibility index (Phi) is 10.9. The van der Waals surface area contributed by atoms with Crippen molar-refractivity contribution in [1.29, 1.82) is 0 Å². The van der Waals surface area contributed by atoms with Crippen LogP contribution < -0.4 is 27.5 Å². The van der Waals surface area contributed by atoms with E-state index in [1.807, 2.05) is 70.2 Å². The van der Waals surface area contributed by atoms with Crippen LogP contribution in [0.25, 0.3) is 11.4 Å². The Hall–Kier alpha value is -4.97. The molecule has 0 aliphatic heterocycles. The smallest absolute Gasteiger partial charge is 0.407 e. The lowest BCUT2D eigenvalue weighted by Crippen LogP contribution is -2.50. The maximum absolute atomic E-state index is 12.2. The summed E-state index contributed by atoms with van der Waals surface area (Å²) in [4.78, 5) is 46.4. The highest BCUT2D eigenvalue weighted by molar-refractivity contribution is 5.66. The van der Waals surface area contributed by atoms with Crippen LogP contribution in [-0.2, 0) is 0 Å². The van der Waals surface area contributed by atoms with E-state index < -0.39 is 11.6 Å². The van der Waals surface area contributed by atoms with Gasteiger partial charge in [0.25, 0.3) is 11.1 Å². The second-order valence-electron chi connectivity index (χ2n) is 14.1. The number of amides is 1. The molecule has 49 heavy (non-hydrogen) atoms. The van der Waals surface area contributed by atoms with Crippen molar-refractivity contribution in [2.75, 3.05) is 10.6 Å². The molecule has 2 fully saturated rings. The Balaban J connectivity index is 0.000000199. The summed E-state index contributed by atoms with van der Waals surface area (Å²) in [5.74, 6) is 1.56. The number of carbonyl (C=O) groups is 1. The first-order chi connectivity index (χ1) is 23.3. The Morgan fingerprint density at radius 1 is 0.796 bits per heavy atom. The van der Waals surface area contributed by atoms with E-state index in [4.69, 9.17) is 5.73 Å². The van der Waals surface area contributed by atoms with Crippen LogP contribution in [0.5, 0.6) is 0 Å². The van der Waals surface area contributed by atoms with Gasteiger partial charge < -0.3 is 26.4 Å². The molecule has 0 saturated heterocycles. The highest BCUT2D eigenvalue weighted by atomic mass is 16.4. The van der Waals surface area contributed by atoms with Gasteiger partial charge in [-0.25, -0.2) is 14.8 Å². The summed E-state index contributed by atoms with van der Waals surface area (Å²) in [5.41, 5.74) is 8.32. The van der Waals surface area contributed by atoms with Gasteiger partial charge in [0, 0.05) is 53.2 Å². The van der Waals surface area contributed by atoms with Gasteiger partial charge >= 0.3 is 6.09 Å². The van der Waals surface area contributed by atoms with E-state index in [9.17, 15) is 19.5 Å². The number of nitrogens with zero attached hydrogens (tertiary/aromatic N) is 5. The minimum Gasteiger partial charge on any atom is -0.465 e. The quantitative estimate of drug-likeness (QED) is 0.200. The monoisotopic (exact) mass is 668 g/mol. The zero-order valence-corrected chi connectivity index (χ0v) is 29.0. The lowest BCUT2D eigenvalue weighted by Gasteiger charge is -2.38. The molecule has 4 atom stereocenters. The molecule has 0 aromatic carbocycles. The molecule has 6 rings (SSSR count). The van der Waals surface area contributed by atoms with Gasteiger partial charge in [0.2, 0.25) is 0 Å². The topological polar surface area (TPSA) is 160 Å². The Labute approximate surface area is 287 Å². The van der Waals surface area contributed by atoms with E-state index in [-0.39, 0.29) is 23.2 Å². The average molecular weight is 669 g/mol. The summed E-state index contributed by atoms with van der Waals surface area (Å²) >= 11 is 0. The van der Waals surface area contributed by atoms with Gasteiger partial charge in [0.05, 0.1) is 23.8 Å². The molecule has 5 N–H and O–H groups in total. The summed E-state index contributed by atoms with van der Waals surface area (Å²) in [6, 6.07) is 15.7. The van der Waals surface area contributed by atoms with E-state index in [1.54, 1.807) is 51.8 Å². The van der Waals surface area contributed by atoms with E-state index in [1.165, 1.54) is 0 Å². The zero-order valence-electron chi connectivity index (χ0n) is 29.0. The molecule has 1 amide bonds. The molecular formula is C37H48N8O4. The average Bonchev–Trinajstić information content (AvgIpc) is 3.68. The van der Waals surface area contributed by atoms with Crippen molar-refractivity contribution in [1.82, 2.24) is 24.0 Å². The van der Waals surface area contributed by atoms with E-state index in [2.05, 4.69) is 20.6 Å². The number of aryl methyl sites for hydroxylation is 2. The third kappa shape index (κ3) is 8.74. The van der Waals surface area contributed by atoms with Gasteiger partial charge in [0.15, 0.2) is 0 Å². The van der Waals surface area contributed by atoms with Crippen LogP contribution in [0.2, 0.25) is 0 Å². The van der Waals surface area contributed by atoms with Crippen molar-refractivity contribution in [3.63, 3.8) is 0 Å². The lowest BCUT2D eigenvalue weighted by atomic mass is 10.0. The highest BCUT2D eigenvalue weighted by Crippen LogP contribution is 2.31. The molecule has 0 unspecified atom stereocenters. The maximum Gasteiger partial charge on any atom is 0.407 e. The van der Waals surface area contributed by atoms with E-state index in [0.29, 0.717) is 23.3 Å². The summed E-state index contributed by atoms with van der Waals surface area (Å²) in [5, 5.41) is 16.4. The first kappa shape index (κ1) is 35.3. The second kappa shape index (κ2) is 15.1. The van der Waals surface area contributed by atoms with Gasteiger partial charge in [0.1, 0.15) is 11.6 Å². The number of pyridine rings is 4. The van der Waals surface area contributed by atoms with Gasteiger partial charge in [-0.05, 0) is 110 Å². The Morgan fingerprint density at radius 3 is 1.69 bits per heavy atom. The lowest BCUT2D eigenvalue weighted by molar-refractivity contribution is 0.0718. The van der Waals surface area contributed by atoms with Gasteiger partial charge in [-0.15, -0.1) is 0 Å². The van der Waals surface area contributed by atoms with Crippen LogP contribution >= 0.6 is 0 Å². The number of nitrogens with two attached hydrogens (primary N) is 1. The normalized spacial score (nSPS) is 20.3. The number of hydrogen-bond acceptors (Lipinski definition) is 8. The van der Waals surface area contributed by atoms with Crippen LogP contribution in [-0.4, -0.2) is 64.9 Å². The van der Waals surface area contributed by atoms with Crippen molar-refractivity contribution >= 4 is 17.7 Å². The number of carboxylic acid groups (broad SMARTS) is 1. The summed E-state index contributed by atoms with van der Waals surface area (Å²) < 4.78 is 3.18. The van der Waals surface area contributed by atoms with Crippen molar-refractivity contribution in [3.8, 4) is 11.4 Å². The zero-order chi connectivity index (χ0) is 35.3. The molecule has 0 spiro atoms. The third-order valence-corrected chi connectivity index (χ3v) is 9.20. The van der Waals surface area contributed by atoms with Crippen LogP contribution in [0.15, 0.2) is 82.9 Å². The Morgan fingerprint density at radius 2 is 1.29 bits per heavy atom. The molecule has 2 aliphatic rings. The third-order valence-electron chi connectivity index (χ3n) is 9.20. The molecule has 260 valence electrons. The number of anilines is 2. The fraction of sp³-hybridized carbons (Fsp3) is 0.432. The fourth-order valence-corrected chi connectivity index (χ4v) is 6.72. The summed E-state index contributed by atoms with van der Waals surface area (Å²) in [7, 11) is 0. The first-order valence-electron chi connectivity index (χ1n) is 16.9. The minimum absolute atomic E-state index is 0.000134.